The number of fused-ring (bicyclic) bond motifs is 1. The molecule has 0 saturated carbocycles. The predicted octanol–water partition coefficient (Wildman–Crippen LogP) is 5.44. The van der Waals surface area contributed by atoms with Gasteiger partial charge in [-0.1, -0.05) is 37.3 Å². The molecule has 0 atom stereocenters. The number of thiazole rings is 1. The molecule has 0 spiro atoms. The van der Waals surface area contributed by atoms with Crippen LogP contribution in [0.4, 0.5) is 10.8 Å². The van der Waals surface area contributed by atoms with Gasteiger partial charge in [-0.2, -0.15) is 0 Å². The maximum Gasteiger partial charge on any atom is 0.260 e. The highest BCUT2D eigenvalue weighted by atomic mass is 32.1. The molecule has 0 aliphatic carbocycles. The average molecular weight is 439 g/mol. The Balaban J connectivity index is 1.92. The molecule has 3 aromatic rings. The topological polar surface area (TPSA) is 39.7 Å². The maximum absolute atomic E-state index is 13.6. The van der Waals surface area contributed by atoms with Gasteiger partial charge in [0.1, 0.15) is 0 Å². The minimum atomic E-state index is 0.00922. The van der Waals surface area contributed by atoms with Crippen LogP contribution >= 0.6 is 11.3 Å². The van der Waals surface area contributed by atoms with Gasteiger partial charge >= 0.3 is 0 Å². The molecule has 0 N–H and O–H groups in total. The highest BCUT2D eigenvalue weighted by Gasteiger charge is 2.22. The zero-order chi connectivity index (χ0) is 22.4. The minimum absolute atomic E-state index is 0.00922. The molecule has 5 nitrogen and oxygen atoms in total. The number of benzene rings is 2. The van der Waals surface area contributed by atoms with E-state index in [-0.39, 0.29) is 5.91 Å². The first-order valence-electron chi connectivity index (χ1n) is 11.3. The smallest absolute Gasteiger partial charge is 0.260 e. The van der Waals surface area contributed by atoms with Crippen LogP contribution in [0.1, 0.15) is 43.6 Å². The summed E-state index contributed by atoms with van der Waals surface area (Å²) in [5, 5.41) is 0.772. The SMILES string of the molecule is CCN(CC)CCN(C(=O)c1ccc(N(CC)CC)cc1)c1nc2c(C)cccc2s1. The van der Waals surface area contributed by atoms with E-state index in [2.05, 4.69) is 56.6 Å². The van der Waals surface area contributed by atoms with Crippen LogP contribution in [0.15, 0.2) is 42.5 Å². The molecule has 0 aliphatic heterocycles. The van der Waals surface area contributed by atoms with Gasteiger partial charge in [0.2, 0.25) is 0 Å². The fourth-order valence-corrected chi connectivity index (χ4v) is 4.88. The van der Waals surface area contributed by atoms with Gasteiger partial charge in [-0.15, -0.1) is 0 Å². The van der Waals surface area contributed by atoms with Crippen LogP contribution in [0.2, 0.25) is 0 Å². The third-order valence-electron chi connectivity index (χ3n) is 5.86. The third-order valence-corrected chi connectivity index (χ3v) is 6.91. The van der Waals surface area contributed by atoms with Crippen molar-refractivity contribution in [2.75, 3.05) is 49.1 Å². The Bertz CT molecular complexity index is 990. The molecule has 1 aromatic heterocycles. The molecule has 0 fully saturated rings. The molecule has 31 heavy (non-hydrogen) atoms. The lowest BCUT2D eigenvalue weighted by atomic mass is 10.1. The maximum atomic E-state index is 13.6. The van der Waals surface area contributed by atoms with E-state index in [1.165, 1.54) is 0 Å². The van der Waals surface area contributed by atoms with Gasteiger partial charge in [0, 0.05) is 37.4 Å². The molecular weight excluding hydrogens is 404 g/mol. The monoisotopic (exact) mass is 438 g/mol. The van der Waals surface area contributed by atoms with E-state index < -0.39 is 0 Å². The second-order valence-electron chi connectivity index (χ2n) is 7.62. The zero-order valence-corrected chi connectivity index (χ0v) is 20.2. The molecule has 6 heteroatoms. The summed E-state index contributed by atoms with van der Waals surface area (Å²) in [6.07, 6.45) is 0. The Morgan fingerprint density at radius 2 is 1.58 bits per heavy atom. The Kier molecular flexibility index (Phi) is 8.04. The van der Waals surface area contributed by atoms with Crippen LogP contribution in [0, 0.1) is 6.92 Å². The largest absolute Gasteiger partial charge is 0.372 e. The first-order valence-corrected chi connectivity index (χ1v) is 12.1. The number of hydrogen-bond acceptors (Lipinski definition) is 5. The van der Waals surface area contributed by atoms with Crippen molar-refractivity contribution in [2.45, 2.75) is 34.6 Å². The first kappa shape index (κ1) is 23.2. The Labute approximate surface area is 190 Å². The number of likely N-dealkylation sites (N-methyl/N-ethyl adjacent to an activating group) is 1. The molecular formula is C25H34N4OS. The summed E-state index contributed by atoms with van der Waals surface area (Å²) in [6.45, 7) is 16.0. The van der Waals surface area contributed by atoms with Crippen LogP contribution in [0.5, 0.6) is 0 Å². The van der Waals surface area contributed by atoms with Crippen molar-refractivity contribution in [1.29, 1.82) is 0 Å². The highest BCUT2D eigenvalue weighted by Crippen LogP contribution is 2.31. The standard InChI is InChI=1S/C25H34N4OS/c1-6-27(7-2)17-18-29(25-26-23-19(5)11-10-12-22(23)31-25)24(30)20-13-15-21(16-14-20)28(8-3)9-4/h10-16H,6-9,17-18H2,1-5H3. The van der Waals surface area contributed by atoms with Gasteiger partial charge in [0.05, 0.1) is 10.2 Å². The van der Waals surface area contributed by atoms with Crippen molar-refractivity contribution in [3.63, 3.8) is 0 Å². The van der Waals surface area contributed by atoms with Crippen LogP contribution in [-0.4, -0.2) is 55.1 Å². The molecule has 0 radical (unpaired) electrons. The second kappa shape index (κ2) is 10.7. The molecule has 0 aliphatic rings. The highest BCUT2D eigenvalue weighted by molar-refractivity contribution is 7.22. The van der Waals surface area contributed by atoms with E-state index in [1.807, 2.05) is 35.2 Å². The molecule has 2 aromatic carbocycles. The van der Waals surface area contributed by atoms with Gasteiger partial charge in [0.25, 0.3) is 5.91 Å². The van der Waals surface area contributed by atoms with Gasteiger partial charge in [-0.3, -0.25) is 9.69 Å². The van der Waals surface area contributed by atoms with Gasteiger partial charge in [-0.25, -0.2) is 4.98 Å². The van der Waals surface area contributed by atoms with Crippen LogP contribution < -0.4 is 9.80 Å². The second-order valence-corrected chi connectivity index (χ2v) is 8.63. The Hall–Kier alpha value is -2.44. The molecule has 1 heterocycles. The van der Waals surface area contributed by atoms with Gasteiger partial charge < -0.3 is 9.80 Å². The molecule has 166 valence electrons. The van der Waals surface area contributed by atoms with E-state index >= 15 is 0 Å². The summed E-state index contributed by atoms with van der Waals surface area (Å²) < 4.78 is 1.12. The number of anilines is 2. The summed E-state index contributed by atoms with van der Waals surface area (Å²) in [4.78, 5) is 24.9. The van der Waals surface area contributed by atoms with Gasteiger partial charge in [0.15, 0.2) is 5.13 Å². The number of aromatic nitrogens is 1. The summed E-state index contributed by atoms with van der Waals surface area (Å²) >= 11 is 1.59. The van der Waals surface area contributed by atoms with Crippen molar-refractivity contribution in [1.82, 2.24) is 9.88 Å². The predicted molar refractivity (Wildman–Crippen MR) is 134 cm³/mol. The molecule has 0 unspecified atom stereocenters. The molecule has 0 bridgehead atoms. The summed E-state index contributed by atoms with van der Waals surface area (Å²) in [7, 11) is 0. The van der Waals surface area contributed by atoms with Crippen LogP contribution in [-0.2, 0) is 0 Å². The Morgan fingerprint density at radius 3 is 2.16 bits per heavy atom. The number of amides is 1. The van der Waals surface area contributed by atoms with E-state index in [0.29, 0.717) is 12.1 Å². The summed E-state index contributed by atoms with van der Waals surface area (Å²) in [5.74, 6) is 0.00922. The first-order chi connectivity index (χ1) is 15.0. The van der Waals surface area contributed by atoms with E-state index in [9.17, 15) is 4.79 Å². The normalized spacial score (nSPS) is 11.3. The fourth-order valence-electron chi connectivity index (χ4n) is 3.81. The molecule has 0 saturated heterocycles. The Morgan fingerprint density at radius 1 is 0.903 bits per heavy atom. The van der Waals surface area contributed by atoms with Crippen molar-refractivity contribution in [3.8, 4) is 0 Å². The fraction of sp³-hybridized carbons (Fsp3) is 0.440. The summed E-state index contributed by atoms with van der Waals surface area (Å²) in [6, 6.07) is 14.2. The number of carbonyl (C=O) groups is 1. The zero-order valence-electron chi connectivity index (χ0n) is 19.4. The lowest BCUT2D eigenvalue weighted by Crippen LogP contribution is -2.38. The van der Waals surface area contributed by atoms with E-state index in [4.69, 9.17) is 4.98 Å². The van der Waals surface area contributed by atoms with E-state index in [0.717, 1.165) is 59.3 Å². The molecule has 1 amide bonds. The number of carbonyl (C=O) groups excluding carboxylic acids is 1. The van der Waals surface area contributed by atoms with E-state index in [1.54, 1.807) is 11.3 Å². The van der Waals surface area contributed by atoms with Crippen LogP contribution in [0.3, 0.4) is 0 Å². The van der Waals surface area contributed by atoms with Crippen molar-refractivity contribution >= 4 is 38.3 Å². The van der Waals surface area contributed by atoms with Crippen LogP contribution in [0.25, 0.3) is 10.2 Å². The quantitative estimate of drug-likeness (QED) is 0.423. The third kappa shape index (κ3) is 5.25. The lowest BCUT2D eigenvalue weighted by Gasteiger charge is -2.25. The number of nitrogens with zero attached hydrogens (tertiary/aromatic N) is 4. The lowest BCUT2D eigenvalue weighted by molar-refractivity contribution is 0.0984. The number of hydrogen-bond donors (Lipinski definition) is 0. The minimum Gasteiger partial charge on any atom is -0.372 e. The van der Waals surface area contributed by atoms with Crippen molar-refractivity contribution in [2.24, 2.45) is 0 Å². The van der Waals surface area contributed by atoms with Crippen molar-refractivity contribution in [3.05, 3.63) is 53.6 Å². The van der Waals surface area contributed by atoms with Gasteiger partial charge in [-0.05, 0) is 69.8 Å². The average Bonchev–Trinajstić information content (AvgIpc) is 3.23. The number of para-hydroxylation sites is 1. The molecule has 3 rings (SSSR count). The number of rotatable bonds is 10. The summed E-state index contributed by atoms with van der Waals surface area (Å²) in [5.41, 5.74) is 3.97. The van der Waals surface area contributed by atoms with Crippen molar-refractivity contribution < 1.29 is 4.79 Å². The number of aryl methyl sites for hydroxylation is 1.